The molecule has 0 aliphatic carbocycles. The van der Waals surface area contributed by atoms with Crippen LogP contribution < -0.4 is 5.32 Å². The molecule has 2 aliphatic heterocycles. The average Bonchev–Trinajstić information content (AvgIpc) is 3.18. The molecule has 1 amide bonds. The molecule has 2 aromatic rings. The van der Waals surface area contributed by atoms with E-state index in [9.17, 15) is 18.0 Å². The SMILES string of the molecule is Cc1c(C(=O)N2C[C@H]3CNC[C@H]3C2)sc2nc(C(F)(F)F)ccc12. The van der Waals surface area contributed by atoms with Gasteiger partial charge in [0.2, 0.25) is 0 Å². The highest BCUT2D eigenvalue weighted by molar-refractivity contribution is 7.20. The fraction of sp³-hybridized carbons (Fsp3) is 0.500. The molecule has 0 spiro atoms. The Labute approximate surface area is 140 Å². The molecule has 0 saturated carbocycles. The van der Waals surface area contributed by atoms with E-state index in [1.54, 1.807) is 6.92 Å². The largest absolute Gasteiger partial charge is 0.433 e. The maximum absolute atomic E-state index is 12.8. The number of nitrogens with zero attached hydrogens (tertiary/aromatic N) is 2. The highest BCUT2D eigenvalue weighted by Gasteiger charge is 2.39. The van der Waals surface area contributed by atoms with E-state index in [0.717, 1.165) is 36.1 Å². The molecular formula is C16H16F3N3OS. The molecule has 1 N–H and O–H groups in total. The lowest BCUT2D eigenvalue weighted by Gasteiger charge is -2.17. The number of carbonyl (C=O) groups is 1. The van der Waals surface area contributed by atoms with Crippen LogP contribution in [0.2, 0.25) is 0 Å². The lowest BCUT2D eigenvalue weighted by atomic mass is 10.0. The molecule has 8 heteroatoms. The van der Waals surface area contributed by atoms with Crippen LogP contribution in [0.25, 0.3) is 10.2 Å². The predicted molar refractivity (Wildman–Crippen MR) is 85.1 cm³/mol. The standard InChI is InChI=1S/C16H16F3N3OS/c1-8-11-2-3-12(16(17,18)19)21-14(11)24-13(8)15(23)22-6-9-4-20-5-10(9)7-22/h2-3,9-10,20H,4-7H2,1H3/t9-,10+. The molecule has 0 aromatic carbocycles. The number of likely N-dealkylation sites (tertiary alicyclic amines) is 1. The van der Waals surface area contributed by atoms with Crippen molar-refractivity contribution in [3.8, 4) is 0 Å². The first-order chi connectivity index (χ1) is 11.3. The lowest BCUT2D eigenvalue weighted by molar-refractivity contribution is -0.140. The van der Waals surface area contributed by atoms with Gasteiger partial charge in [-0.2, -0.15) is 13.2 Å². The van der Waals surface area contributed by atoms with E-state index >= 15 is 0 Å². The van der Waals surface area contributed by atoms with Crippen molar-refractivity contribution in [2.45, 2.75) is 13.1 Å². The number of aryl methyl sites for hydroxylation is 1. The van der Waals surface area contributed by atoms with Gasteiger partial charge >= 0.3 is 6.18 Å². The number of thiophene rings is 1. The summed E-state index contributed by atoms with van der Waals surface area (Å²) in [6, 6.07) is 2.39. The Kier molecular flexibility index (Phi) is 3.58. The molecule has 2 fully saturated rings. The van der Waals surface area contributed by atoms with Crippen molar-refractivity contribution in [3.05, 3.63) is 28.3 Å². The minimum Gasteiger partial charge on any atom is -0.337 e. The molecule has 0 bridgehead atoms. The number of rotatable bonds is 1. The van der Waals surface area contributed by atoms with Crippen molar-refractivity contribution in [1.82, 2.24) is 15.2 Å². The summed E-state index contributed by atoms with van der Waals surface area (Å²) in [7, 11) is 0. The molecule has 24 heavy (non-hydrogen) atoms. The number of halogens is 3. The number of fused-ring (bicyclic) bond motifs is 2. The molecule has 0 radical (unpaired) electrons. The van der Waals surface area contributed by atoms with Crippen molar-refractivity contribution in [1.29, 1.82) is 0 Å². The molecule has 4 rings (SSSR count). The third-order valence-corrected chi connectivity index (χ3v) is 6.15. The van der Waals surface area contributed by atoms with Gasteiger partial charge in [-0.05, 0) is 36.5 Å². The van der Waals surface area contributed by atoms with E-state index in [1.807, 2.05) is 4.90 Å². The van der Waals surface area contributed by atoms with Gasteiger partial charge in [0.15, 0.2) is 0 Å². The zero-order valence-electron chi connectivity index (χ0n) is 13.0. The van der Waals surface area contributed by atoms with Crippen LogP contribution in [-0.2, 0) is 6.18 Å². The van der Waals surface area contributed by atoms with Gasteiger partial charge in [0, 0.05) is 31.6 Å². The molecule has 2 aromatic heterocycles. The van der Waals surface area contributed by atoms with Gasteiger partial charge in [0.1, 0.15) is 10.5 Å². The number of alkyl halides is 3. The highest BCUT2D eigenvalue weighted by Crippen LogP contribution is 2.36. The van der Waals surface area contributed by atoms with Gasteiger partial charge in [-0.25, -0.2) is 4.98 Å². The zero-order chi connectivity index (χ0) is 17.1. The van der Waals surface area contributed by atoms with Gasteiger partial charge in [0.25, 0.3) is 5.91 Å². The second-order valence-corrected chi connectivity index (χ2v) is 7.49. The van der Waals surface area contributed by atoms with Crippen LogP contribution in [0.1, 0.15) is 20.9 Å². The van der Waals surface area contributed by atoms with Crippen LogP contribution in [-0.4, -0.2) is 42.0 Å². The zero-order valence-corrected chi connectivity index (χ0v) is 13.8. The van der Waals surface area contributed by atoms with Crippen LogP contribution in [0.4, 0.5) is 13.2 Å². The first-order valence-corrected chi connectivity index (χ1v) is 8.63. The first kappa shape index (κ1) is 15.8. The normalized spacial score (nSPS) is 23.9. The second kappa shape index (κ2) is 5.42. The van der Waals surface area contributed by atoms with E-state index in [1.165, 1.54) is 6.07 Å². The van der Waals surface area contributed by atoms with E-state index < -0.39 is 11.9 Å². The number of pyridine rings is 1. The monoisotopic (exact) mass is 355 g/mol. The second-order valence-electron chi connectivity index (χ2n) is 6.49. The van der Waals surface area contributed by atoms with Crippen molar-refractivity contribution in [2.24, 2.45) is 11.8 Å². The van der Waals surface area contributed by atoms with Crippen molar-refractivity contribution in [2.75, 3.05) is 26.2 Å². The maximum Gasteiger partial charge on any atom is 0.433 e. The van der Waals surface area contributed by atoms with Crippen molar-refractivity contribution < 1.29 is 18.0 Å². The van der Waals surface area contributed by atoms with E-state index in [4.69, 9.17) is 0 Å². The van der Waals surface area contributed by atoms with Crippen LogP contribution in [0.3, 0.4) is 0 Å². The number of hydrogen-bond acceptors (Lipinski definition) is 4. The van der Waals surface area contributed by atoms with Crippen LogP contribution in [0, 0.1) is 18.8 Å². The van der Waals surface area contributed by atoms with Crippen LogP contribution >= 0.6 is 11.3 Å². The van der Waals surface area contributed by atoms with Gasteiger partial charge in [-0.3, -0.25) is 4.79 Å². The number of hydrogen-bond donors (Lipinski definition) is 1. The summed E-state index contributed by atoms with van der Waals surface area (Å²) in [5.74, 6) is 0.885. The molecule has 2 saturated heterocycles. The van der Waals surface area contributed by atoms with E-state index in [0.29, 0.717) is 35.2 Å². The molecule has 2 atom stereocenters. The van der Waals surface area contributed by atoms with E-state index in [2.05, 4.69) is 10.3 Å². The topological polar surface area (TPSA) is 45.2 Å². The summed E-state index contributed by atoms with van der Waals surface area (Å²) in [4.78, 5) is 19.1. The highest BCUT2D eigenvalue weighted by atomic mass is 32.1. The summed E-state index contributed by atoms with van der Waals surface area (Å²) >= 11 is 1.06. The average molecular weight is 355 g/mol. The minimum absolute atomic E-state index is 0.0848. The van der Waals surface area contributed by atoms with Gasteiger partial charge in [-0.15, -0.1) is 11.3 Å². The third kappa shape index (κ3) is 2.48. The summed E-state index contributed by atoms with van der Waals surface area (Å²) < 4.78 is 38.5. The van der Waals surface area contributed by atoms with E-state index in [-0.39, 0.29) is 10.7 Å². The predicted octanol–water partition coefficient (Wildman–Crippen LogP) is 2.91. The Bertz CT molecular complexity index is 805. The molecule has 4 heterocycles. The summed E-state index contributed by atoms with van der Waals surface area (Å²) in [5.41, 5.74) is -0.201. The van der Waals surface area contributed by atoms with Gasteiger partial charge < -0.3 is 10.2 Å². The molecule has 128 valence electrons. The molecular weight excluding hydrogens is 339 g/mol. The third-order valence-electron chi connectivity index (χ3n) is 4.97. The quantitative estimate of drug-likeness (QED) is 0.856. The number of nitrogens with one attached hydrogen (secondary N) is 1. The number of aromatic nitrogens is 1. The molecule has 4 nitrogen and oxygen atoms in total. The Morgan fingerprint density at radius 2 is 1.96 bits per heavy atom. The molecule has 2 aliphatic rings. The maximum atomic E-state index is 12.8. The smallest absolute Gasteiger partial charge is 0.337 e. The Balaban J connectivity index is 1.66. The summed E-state index contributed by atoms with van der Waals surface area (Å²) in [6.07, 6.45) is -4.48. The fourth-order valence-electron chi connectivity index (χ4n) is 3.63. The first-order valence-electron chi connectivity index (χ1n) is 7.82. The minimum atomic E-state index is -4.48. The Morgan fingerprint density at radius 3 is 2.58 bits per heavy atom. The number of carbonyl (C=O) groups excluding carboxylic acids is 1. The number of amides is 1. The molecule has 0 unspecified atom stereocenters. The van der Waals surface area contributed by atoms with Crippen molar-refractivity contribution >= 4 is 27.5 Å². The van der Waals surface area contributed by atoms with Crippen LogP contribution in [0.15, 0.2) is 12.1 Å². The Hall–Kier alpha value is -1.67. The fourth-order valence-corrected chi connectivity index (χ4v) is 4.77. The van der Waals surface area contributed by atoms with Crippen molar-refractivity contribution in [3.63, 3.8) is 0 Å². The summed E-state index contributed by atoms with van der Waals surface area (Å²) in [6.45, 7) is 5.06. The lowest BCUT2D eigenvalue weighted by Crippen LogP contribution is -2.31. The van der Waals surface area contributed by atoms with Gasteiger partial charge in [0.05, 0.1) is 4.88 Å². The van der Waals surface area contributed by atoms with Crippen LogP contribution in [0.5, 0.6) is 0 Å². The Morgan fingerprint density at radius 1 is 1.29 bits per heavy atom. The van der Waals surface area contributed by atoms with Gasteiger partial charge in [-0.1, -0.05) is 0 Å². The summed E-state index contributed by atoms with van der Waals surface area (Å²) in [5, 5.41) is 3.95.